The maximum Gasteiger partial charge on any atom is 0.287 e. The molecule has 1 aromatic carbocycles. The predicted octanol–water partition coefficient (Wildman–Crippen LogP) is 2.97. The summed E-state index contributed by atoms with van der Waals surface area (Å²) in [6.45, 7) is 0.699. The Morgan fingerprint density at radius 1 is 1.25 bits per heavy atom. The topological polar surface area (TPSA) is 45.5 Å². The first-order valence-corrected chi connectivity index (χ1v) is 6.70. The minimum absolute atomic E-state index is 0.109. The maximum atomic E-state index is 12.1. The quantitative estimate of drug-likeness (QED) is 0.921. The van der Waals surface area contributed by atoms with Crippen LogP contribution < -0.4 is 5.32 Å². The summed E-state index contributed by atoms with van der Waals surface area (Å²) < 4.78 is 5.13. The van der Waals surface area contributed by atoms with E-state index in [1.165, 1.54) is 0 Å². The van der Waals surface area contributed by atoms with Gasteiger partial charge in [0.15, 0.2) is 11.0 Å². The summed E-state index contributed by atoms with van der Waals surface area (Å²) in [5.74, 6) is -0.0534. The van der Waals surface area contributed by atoms with E-state index in [1.807, 2.05) is 49.3 Å². The molecule has 106 valence electrons. The zero-order chi connectivity index (χ0) is 14.5. The van der Waals surface area contributed by atoms with E-state index in [0.717, 1.165) is 5.56 Å². The third-order valence-corrected chi connectivity index (χ3v) is 3.06. The molecule has 0 saturated heterocycles. The second kappa shape index (κ2) is 6.59. The number of hydrogen-bond acceptors (Lipinski definition) is 3. The Bertz CT molecular complexity index is 566. The number of halogens is 1. The fourth-order valence-electron chi connectivity index (χ4n) is 1.95. The maximum absolute atomic E-state index is 12.1. The molecule has 1 amide bonds. The van der Waals surface area contributed by atoms with Crippen molar-refractivity contribution in [3.63, 3.8) is 0 Å². The summed E-state index contributed by atoms with van der Waals surface area (Å²) >= 11 is 5.69. The molecule has 0 aliphatic rings. The third kappa shape index (κ3) is 3.85. The van der Waals surface area contributed by atoms with Crippen molar-refractivity contribution < 1.29 is 9.21 Å². The van der Waals surface area contributed by atoms with E-state index in [0.29, 0.717) is 6.54 Å². The fourth-order valence-corrected chi connectivity index (χ4v) is 2.10. The Hall–Kier alpha value is -1.78. The first kappa shape index (κ1) is 14.6. The van der Waals surface area contributed by atoms with E-state index in [4.69, 9.17) is 16.0 Å². The van der Waals surface area contributed by atoms with Gasteiger partial charge in [-0.05, 0) is 43.4 Å². The van der Waals surface area contributed by atoms with Crippen molar-refractivity contribution in [2.75, 3.05) is 20.6 Å². The number of rotatable bonds is 5. The number of amides is 1. The average Bonchev–Trinajstić information content (AvgIpc) is 2.85. The van der Waals surface area contributed by atoms with E-state index in [-0.39, 0.29) is 22.9 Å². The van der Waals surface area contributed by atoms with Crippen LogP contribution in [0.15, 0.2) is 46.9 Å². The number of nitrogens with one attached hydrogen (secondary N) is 1. The molecule has 0 spiro atoms. The second-order valence-corrected chi connectivity index (χ2v) is 5.18. The second-order valence-electron chi connectivity index (χ2n) is 4.80. The molecule has 20 heavy (non-hydrogen) atoms. The highest BCUT2D eigenvalue weighted by atomic mass is 35.5. The molecule has 2 rings (SSSR count). The Morgan fingerprint density at radius 3 is 2.50 bits per heavy atom. The number of carbonyl (C=O) groups excluding carboxylic acids is 1. The minimum Gasteiger partial charge on any atom is -0.440 e. The summed E-state index contributed by atoms with van der Waals surface area (Å²) in [7, 11) is 3.93. The number of nitrogens with zero attached hydrogens (tertiary/aromatic N) is 1. The van der Waals surface area contributed by atoms with E-state index in [2.05, 4.69) is 5.32 Å². The Kier molecular flexibility index (Phi) is 4.82. The third-order valence-electron chi connectivity index (χ3n) is 2.85. The van der Waals surface area contributed by atoms with Gasteiger partial charge in [0.05, 0.1) is 6.04 Å². The minimum atomic E-state index is -0.271. The van der Waals surface area contributed by atoms with Crippen LogP contribution in [0.25, 0.3) is 0 Å². The van der Waals surface area contributed by atoms with Crippen molar-refractivity contribution >= 4 is 17.5 Å². The van der Waals surface area contributed by atoms with Crippen LogP contribution >= 0.6 is 11.6 Å². The van der Waals surface area contributed by atoms with Crippen molar-refractivity contribution in [1.82, 2.24) is 10.2 Å². The molecular weight excluding hydrogens is 276 g/mol. The van der Waals surface area contributed by atoms with E-state index in [1.54, 1.807) is 12.1 Å². The van der Waals surface area contributed by atoms with Gasteiger partial charge in [-0.3, -0.25) is 4.79 Å². The van der Waals surface area contributed by atoms with Crippen LogP contribution in [-0.2, 0) is 0 Å². The van der Waals surface area contributed by atoms with Crippen LogP contribution in [0.1, 0.15) is 22.2 Å². The zero-order valence-electron chi connectivity index (χ0n) is 11.5. The molecule has 1 aromatic heterocycles. The summed E-state index contributed by atoms with van der Waals surface area (Å²) in [5.41, 5.74) is 1.05. The summed E-state index contributed by atoms with van der Waals surface area (Å²) in [6, 6.07) is 12.8. The SMILES string of the molecule is CN(C)CC(NC(=O)c1ccc(Cl)o1)c1ccccc1. The molecule has 0 radical (unpaired) electrons. The van der Waals surface area contributed by atoms with Crippen LogP contribution in [0.4, 0.5) is 0 Å². The number of carbonyl (C=O) groups is 1. The molecule has 0 aliphatic heterocycles. The van der Waals surface area contributed by atoms with Crippen molar-refractivity contribution in [2.45, 2.75) is 6.04 Å². The van der Waals surface area contributed by atoms with Crippen molar-refractivity contribution in [2.24, 2.45) is 0 Å². The lowest BCUT2D eigenvalue weighted by Gasteiger charge is -2.22. The van der Waals surface area contributed by atoms with Crippen LogP contribution in [0.2, 0.25) is 5.22 Å². The highest BCUT2D eigenvalue weighted by Crippen LogP contribution is 2.17. The van der Waals surface area contributed by atoms with Gasteiger partial charge in [0.1, 0.15) is 0 Å². The van der Waals surface area contributed by atoms with Crippen molar-refractivity contribution in [3.8, 4) is 0 Å². The molecule has 0 aliphatic carbocycles. The van der Waals surface area contributed by atoms with Crippen molar-refractivity contribution in [1.29, 1.82) is 0 Å². The van der Waals surface area contributed by atoms with Gasteiger partial charge in [-0.25, -0.2) is 0 Å². The molecule has 1 N–H and O–H groups in total. The Balaban J connectivity index is 2.14. The lowest BCUT2D eigenvalue weighted by Crippen LogP contribution is -2.35. The van der Waals surface area contributed by atoms with Gasteiger partial charge in [-0.15, -0.1) is 0 Å². The molecule has 1 unspecified atom stereocenters. The van der Waals surface area contributed by atoms with Gasteiger partial charge in [-0.2, -0.15) is 0 Å². The number of hydrogen-bond donors (Lipinski definition) is 1. The molecule has 1 heterocycles. The van der Waals surface area contributed by atoms with Gasteiger partial charge < -0.3 is 14.6 Å². The van der Waals surface area contributed by atoms with E-state index in [9.17, 15) is 4.79 Å². The molecule has 0 saturated carbocycles. The van der Waals surface area contributed by atoms with Crippen LogP contribution in [0.3, 0.4) is 0 Å². The molecule has 5 heteroatoms. The normalized spacial score (nSPS) is 12.4. The molecule has 4 nitrogen and oxygen atoms in total. The lowest BCUT2D eigenvalue weighted by atomic mass is 10.1. The highest BCUT2D eigenvalue weighted by molar-refractivity contribution is 6.29. The summed E-state index contributed by atoms with van der Waals surface area (Å²) in [4.78, 5) is 14.2. The van der Waals surface area contributed by atoms with Crippen LogP contribution in [0.5, 0.6) is 0 Å². The highest BCUT2D eigenvalue weighted by Gasteiger charge is 2.18. The van der Waals surface area contributed by atoms with E-state index >= 15 is 0 Å². The monoisotopic (exact) mass is 292 g/mol. The van der Waals surface area contributed by atoms with Crippen LogP contribution in [-0.4, -0.2) is 31.4 Å². The smallest absolute Gasteiger partial charge is 0.287 e. The molecule has 2 aromatic rings. The molecule has 0 fully saturated rings. The molecular formula is C15H17ClN2O2. The first-order valence-electron chi connectivity index (χ1n) is 6.32. The van der Waals surface area contributed by atoms with Gasteiger partial charge in [0, 0.05) is 6.54 Å². The number of benzene rings is 1. The molecule has 1 atom stereocenters. The van der Waals surface area contributed by atoms with Gasteiger partial charge in [0.2, 0.25) is 0 Å². The predicted molar refractivity (Wildman–Crippen MR) is 78.9 cm³/mol. The Morgan fingerprint density at radius 2 is 1.95 bits per heavy atom. The number of likely N-dealkylation sites (N-methyl/N-ethyl adjacent to an activating group) is 1. The summed E-state index contributed by atoms with van der Waals surface area (Å²) in [5, 5.41) is 3.17. The summed E-state index contributed by atoms with van der Waals surface area (Å²) in [6.07, 6.45) is 0. The van der Waals surface area contributed by atoms with Crippen molar-refractivity contribution in [3.05, 3.63) is 59.0 Å². The first-order chi connectivity index (χ1) is 9.56. The average molecular weight is 293 g/mol. The largest absolute Gasteiger partial charge is 0.440 e. The van der Waals surface area contributed by atoms with Gasteiger partial charge in [-0.1, -0.05) is 30.3 Å². The molecule has 0 bridgehead atoms. The standard InChI is InChI=1S/C15H17ClN2O2/c1-18(2)10-12(11-6-4-3-5-7-11)17-15(19)13-8-9-14(16)20-13/h3-9,12H,10H2,1-2H3,(H,17,19). The van der Waals surface area contributed by atoms with Crippen LogP contribution in [0, 0.1) is 0 Å². The van der Waals surface area contributed by atoms with Gasteiger partial charge in [0.25, 0.3) is 5.91 Å². The number of furan rings is 1. The van der Waals surface area contributed by atoms with Gasteiger partial charge >= 0.3 is 0 Å². The fraction of sp³-hybridized carbons (Fsp3) is 0.267. The lowest BCUT2D eigenvalue weighted by molar-refractivity contribution is 0.0902. The Labute approximate surface area is 123 Å². The zero-order valence-corrected chi connectivity index (χ0v) is 12.2. The van der Waals surface area contributed by atoms with E-state index < -0.39 is 0 Å².